The van der Waals surface area contributed by atoms with Crippen LogP contribution in [0.5, 0.6) is 0 Å². The normalized spacial score (nSPS) is 12.4. The molecule has 0 aliphatic heterocycles. The van der Waals surface area contributed by atoms with Gasteiger partial charge >= 0.3 is 6.18 Å². The minimum atomic E-state index is -4.26. The lowest BCUT2D eigenvalue weighted by atomic mass is 10.4. The van der Waals surface area contributed by atoms with E-state index in [0.717, 1.165) is 0 Å². The molecule has 4 nitrogen and oxygen atoms in total. The quantitative estimate of drug-likeness (QED) is 0.592. The van der Waals surface area contributed by atoms with Gasteiger partial charge in [-0.25, -0.2) is 0 Å². The zero-order valence-corrected chi connectivity index (χ0v) is 10.0. The molecule has 0 atom stereocenters. The summed E-state index contributed by atoms with van der Waals surface area (Å²) in [5.74, 6) is 0. The van der Waals surface area contributed by atoms with Gasteiger partial charge in [0.2, 0.25) is 0 Å². The molecular formula is C10H20F3NO3. The second-order valence-corrected chi connectivity index (χ2v) is 3.58. The van der Waals surface area contributed by atoms with Crippen LogP contribution in [0.4, 0.5) is 13.2 Å². The lowest BCUT2D eigenvalue weighted by Crippen LogP contribution is -2.32. The second-order valence-electron chi connectivity index (χ2n) is 3.58. The summed E-state index contributed by atoms with van der Waals surface area (Å²) in [5, 5.41) is 8.78. The molecule has 0 fully saturated rings. The van der Waals surface area contributed by atoms with E-state index < -0.39 is 12.8 Å². The minimum absolute atomic E-state index is 0.0210. The van der Waals surface area contributed by atoms with E-state index in [2.05, 4.69) is 4.74 Å². The van der Waals surface area contributed by atoms with E-state index in [4.69, 9.17) is 9.84 Å². The van der Waals surface area contributed by atoms with Crippen LogP contribution in [-0.2, 0) is 9.47 Å². The van der Waals surface area contributed by atoms with Gasteiger partial charge in [-0.3, -0.25) is 4.90 Å². The second kappa shape index (κ2) is 9.64. The van der Waals surface area contributed by atoms with Crippen molar-refractivity contribution >= 4 is 0 Å². The molecule has 0 bridgehead atoms. The zero-order chi connectivity index (χ0) is 13.1. The molecule has 0 aromatic rings. The van der Waals surface area contributed by atoms with Crippen molar-refractivity contribution < 1.29 is 27.8 Å². The molecule has 0 saturated carbocycles. The van der Waals surface area contributed by atoms with E-state index >= 15 is 0 Å². The molecule has 0 heterocycles. The number of aliphatic hydroxyl groups is 1. The van der Waals surface area contributed by atoms with Crippen LogP contribution in [0.15, 0.2) is 0 Å². The van der Waals surface area contributed by atoms with E-state index in [1.165, 1.54) is 0 Å². The molecule has 17 heavy (non-hydrogen) atoms. The first-order chi connectivity index (χ1) is 7.99. The zero-order valence-electron chi connectivity index (χ0n) is 10.0. The van der Waals surface area contributed by atoms with E-state index in [0.29, 0.717) is 32.7 Å². The highest BCUT2D eigenvalue weighted by Gasteiger charge is 2.27. The molecule has 0 spiro atoms. The van der Waals surface area contributed by atoms with Crippen molar-refractivity contribution in [3.8, 4) is 0 Å². The maximum absolute atomic E-state index is 11.7. The number of alkyl halides is 3. The van der Waals surface area contributed by atoms with Crippen LogP contribution in [0.2, 0.25) is 0 Å². The third-order valence-corrected chi connectivity index (χ3v) is 2.06. The number of hydrogen-bond acceptors (Lipinski definition) is 4. The molecule has 0 radical (unpaired) electrons. The average Bonchev–Trinajstić information content (AvgIpc) is 2.23. The summed E-state index contributed by atoms with van der Waals surface area (Å²) in [5.41, 5.74) is 0. The van der Waals surface area contributed by atoms with Gasteiger partial charge in [-0.15, -0.1) is 0 Å². The van der Waals surface area contributed by atoms with Gasteiger partial charge in [0.05, 0.1) is 13.2 Å². The first-order valence-corrected chi connectivity index (χ1v) is 5.46. The number of nitrogens with zero attached hydrogens (tertiary/aromatic N) is 1. The lowest BCUT2D eigenvalue weighted by Gasteiger charge is -2.20. The monoisotopic (exact) mass is 259 g/mol. The summed E-state index contributed by atoms with van der Waals surface area (Å²) >= 11 is 0. The molecule has 0 unspecified atom stereocenters. The molecule has 0 aromatic carbocycles. The van der Waals surface area contributed by atoms with Gasteiger partial charge < -0.3 is 14.6 Å². The number of halogens is 3. The first kappa shape index (κ1) is 16.6. The highest BCUT2D eigenvalue weighted by molar-refractivity contribution is 4.57. The van der Waals surface area contributed by atoms with Crippen LogP contribution < -0.4 is 0 Å². The summed E-state index contributed by atoms with van der Waals surface area (Å²) < 4.78 is 44.6. The molecule has 0 rings (SSSR count). The maximum Gasteiger partial charge on any atom is 0.411 e. The Labute approximate surface area is 99.3 Å². The highest BCUT2D eigenvalue weighted by atomic mass is 19.4. The maximum atomic E-state index is 11.7. The molecular weight excluding hydrogens is 239 g/mol. The Morgan fingerprint density at radius 3 is 2.35 bits per heavy atom. The SMILES string of the molecule is COCCN(CCO)CCCOCC(F)(F)F. The van der Waals surface area contributed by atoms with Gasteiger partial charge in [0.25, 0.3) is 0 Å². The fraction of sp³-hybridized carbons (Fsp3) is 1.00. The Hall–Kier alpha value is -0.370. The number of hydrogen-bond donors (Lipinski definition) is 1. The van der Waals surface area contributed by atoms with Gasteiger partial charge in [0.1, 0.15) is 6.61 Å². The molecule has 0 amide bonds. The molecule has 104 valence electrons. The van der Waals surface area contributed by atoms with Gasteiger partial charge in [0, 0.05) is 33.4 Å². The molecule has 0 aliphatic carbocycles. The van der Waals surface area contributed by atoms with Gasteiger partial charge in [-0.2, -0.15) is 13.2 Å². The molecule has 0 aliphatic rings. The van der Waals surface area contributed by atoms with Crippen molar-refractivity contribution in [2.75, 3.05) is 53.2 Å². The van der Waals surface area contributed by atoms with E-state index in [9.17, 15) is 13.2 Å². The number of rotatable bonds is 10. The van der Waals surface area contributed by atoms with Crippen LogP contribution >= 0.6 is 0 Å². The fourth-order valence-electron chi connectivity index (χ4n) is 1.28. The number of ether oxygens (including phenoxy) is 2. The summed E-state index contributed by atoms with van der Waals surface area (Å²) in [6.45, 7) is 1.14. The largest absolute Gasteiger partial charge is 0.411 e. The Bertz CT molecular complexity index is 179. The highest BCUT2D eigenvalue weighted by Crippen LogP contribution is 2.14. The van der Waals surface area contributed by atoms with Crippen LogP contribution in [0.25, 0.3) is 0 Å². The molecule has 0 aromatic heterocycles. The van der Waals surface area contributed by atoms with Crippen molar-refractivity contribution in [1.29, 1.82) is 0 Å². The number of methoxy groups -OCH3 is 1. The third kappa shape index (κ3) is 11.9. The van der Waals surface area contributed by atoms with Crippen LogP contribution in [0.1, 0.15) is 6.42 Å². The predicted molar refractivity (Wildman–Crippen MR) is 56.9 cm³/mol. The van der Waals surface area contributed by atoms with Crippen LogP contribution in [-0.4, -0.2) is 69.4 Å². The summed E-state index contributed by atoms with van der Waals surface area (Å²) in [4.78, 5) is 1.92. The fourth-order valence-corrected chi connectivity index (χ4v) is 1.28. The van der Waals surface area contributed by atoms with Crippen molar-refractivity contribution in [2.45, 2.75) is 12.6 Å². The predicted octanol–water partition coefficient (Wildman–Crippen LogP) is 0.896. The van der Waals surface area contributed by atoms with Gasteiger partial charge in [-0.05, 0) is 6.42 Å². The Balaban J connectivity index is 3.53. The first-order valence-electron chi connectivity index (χ1n) is 5.46. The number of aliphatic hydroxyl groups excluding tert-OH is 1. The Kier molecular flexibility index (Phi) is 9.43. The topological polar surface area (TPSA) is 41.9 Å². The van der Waals surface area contributed by atoms with Gasteiger partial charge in [0.15, 0.2) is 0 Å². The van der Waals surface area contributed by atoms with E-state index in [1.807, 2.05) is 4.90 Å². The molecule has 0 saturated heterocycles. The third-order valence-electron chi connectivity index (χ3n) is 2.06. The van der Waals surface area contributed by atoms with Crippen LogP contribution in [0, 0.1) is 0 Å². The standard InChI is InChI=1S/C10H20F3NO3/c1-16-8-5-14(4-6-15)3-2-7-17-9-10(11,12)13/h15H,2-9H2,1H3. The van der Waals surface area contributed by atoms with E-state index in [1.54, 1.807) is 7.11 Å². The lowest BCUT2D eigenvalue weighted by molar-refractivity contribution is -0.174. The van der Waals surface area contributed by atoms with Crippen molar-refractivity contribution in [1.82, 2.24) is 4.90 Å². The Morgan fingerprint density at radius 1 is 1.12 bits per heavy atom. The average molecular weight is 259 g/mol. The van der Waals surface area contributed by atoms with Crippen molar-refractivity contribution in [3.05, 3.63) is 0 Å². The van der Waals surface area contributed by atoms with E-state index in [-0.39, 0.29) is 13.2 Å². The van der Waals surface area contributed by atoms with Gasteiger partial charge in [-0.1, -0.05) is 0 Å². The summed E-state index contributed by atoms with van der Waals surface area (Å²) in [6.07, 6.45) is -3.76. The summed E-state index contributed by atoms with van der Waals surface area (Å²) in [6, 6.07) is 0. The molecule has 7 heteroatoms. The minimum Gasteiger partial charge on any atom is -0.395 e. The van der Waals surface area contributed by atoms with Crippen molar-refractivity contribution in [3.63, 3.8) is 0 Å². The van der Waals surface area contributed by atoms with Crippen molar-refractivity contribution in [2.24, 2.45) is 0 Å². The smallest absolute Gasteiger partial charge is 0.395 e. The Morgan fingerprint density at radius 2 is 1.82 bits per heavy atom. The summed E-state index contributed by atoms with van der Waals surface area (Å²) in [7, 11) is 1.57. The molecule has 1 N–H and O–H groups in total. The van der Waals surface area contributed by atoms with Crippen LogP contribution in [0.3, 0.4) is 0 Å².